The summed E-state index contributed by atoms with van der Waals surface area (Å²) in [6.07, 6.45) is -3.48. The first-order valence-corrected chi connectivity index (χ1v) is 9.43. The van der Waals surface area contributed by atoms with Gasteiger partial charge in [0.25, 0.3) is 0 Å². The Morgan fingerprint density at radius 3 is 2.28 bits per heavy atom. The molecule has 0 saturated heterocycles. The van der Waals surface area contributed by atoms with Crippen molar-refractivity contribution in [2.45, 2.75) is 18.0 Å². The van der Waals surface area contributed by atoms with Gasteiger partial charge < -0.3 is 9.74 Å². The van der Waals surface area contributed by atoms with Gasteiger partial charge in [0.2, 0.25) is 0 Å². The standard InChI is InChI=1S/C16H12Cl2F5N5S/c1-8(19)29(23)13-14(24-2)26-28(15(13)25-7-27(3)4)12-10(17)5-9(6-11(12)18)16(20,21)22/h5-7H,1,3-4H3/b25-7+. The number of benzene rings is 1. The molecule has 29 heavy (non-hydrogen) atoms. The van der Waals surface area contributed by atoms with E-state index in [1.807, 2.05) is 0 Å². The minimum Gasteiger partial charge on any atom is -0.369 e. The largest absolute Gasteiger partial charge is 0.416 e. The molecule has 0 spiro atoms. The van der Waals surface area contributed by atoms with Crippen LogP contribution in [-0.2, 0) is 6.18 Å². The van der Waals surface area contributed by atoms with Gasteiger partial charge in [-0.3, -0.25) is 0 Å². The molecule has 0 saturated carbocycles. The van der Waals surface area contributed by atoms with Crippen molar-refractivity contribution < 1.29 is 21.4 Å². The fourth-order valence-electron chi connectivity index (χ4n) is 2.13. The van der Waals surface area contributed by atoms with Gasteiger partial charge in [-0.2, -0.15) is 17.1 Å². The second kappa shape index (κ2) is 8.69. The van der Waals surface area contributed by atoms with Gasteiger partial charge in [-0.15, -0.1) is 4.68 Å². The number of halogens is 7. The van der Waals surface area contributed by atoms with E-state index in [9.17, 15) is 21.4 Å². The van der Waals surface area contributed by atoms with Crippen molar-refractivity contribution in [2.75, 3.05) is 14.1 Å². The molecule has 1 aromatic carbocycles. The minimum atomic E-state index is -4.71. The third-order valence-corrected chi connectivity index (χ3v) is 5.09. The predicted molar refractivity (Wildman–Crippen MR) is 105 cm³/mol. The number of alkyl halides is 3. The van der Waals surface area contributed by atoms with Crippen LogP contribution >= 0.6 is 34.1 Å². The van der Waals surface area contributed by atoms with Crippen molar-refractivity contribution in [2.24, 2.45) is 4.99 Å². The normalized spacial score (nSPS) is 13.5. The van der Waals surface area contributed by atoms with Crippen molar-refractivity contribution >= 4 is 57.2 Å². The number of aliphatic imine (C=N–C) groups is 1. The van der Waals surface area contributed by atoms with Crippen LogP contribution in [0.5, 0.6) is 0 Å². The SMILES string of the molecule is [C-]#[N+]c1nn(-c2c(Cl)cc(C(F)(F)F)cc2Cl)c(/N=C/N(C)C)c1/S(F)=C(/C)F. The highest BCUT2D eigenvalue weighted by Gasteiger charge is 2.34. The number of hydrogen-bond donors (Lipinski definition) is 0. The summed E-state index contributed by atoms with van der Waals surface area (Å²) in [6, 6.07) is 1.23. The highest BCUT2D eigenvalue weighted by molar-refractivity contribution is 8.11. The summed E-state index contributed by atoms with van der Waals surface area (Å²) in [6.45, 7) is 8.09. The monoisotopic (exact) mass is 471 g/mol. The van der Waals surface area contributed by atoms with Crippen LogP contribution in [0, 0.1) is 6.57 Å². The van der Waals surface area contributed by atoms with Gasteiger partial charge in [-0.05, 0) is 24.2 Å². The van der Waals surface area contributed by atoms with Crippen LogP contribution in [0.15, 0.2) is 22.0 Å². The summed E-state index contributed by atoms with van der Waals surface area (Å²) in [5.41, 5.74) is -1.36. The molecule has 0 amide bonds. The molecule has 1 unspecified atom stereocenters. The highest BCUT2D eigenvalue weighted by atomic mass is 35.5. The molecule has 0 aliphatic heterocycles. The number of hydrogen-bond acceptors (Lipinski definition) is 2. The molecule has 156 valence electrons. The first-order valence-electron chi connectivity index (χ1n) is 7.55. The molecule has 13 heteroatoms. The summed E-state index contributed by atoms with van der Waals surface area (Å²) in [7, 11) is 0.540. The van der Waals surface area contributed by atoms with Gasteiger partial charge in [0.05, 0.1) is 21.9 Å². The molecule has 2 rings (SSSR count). The Hall–Kier alpha value is -2.16. The summed E-state index contributed by atoms with van der Waals surface area (Å²) >= 11 is 12.0. The van der Waals surface area contributed by atoms with Crippen LogP contribution in [0.4, 0.5) is 33.1 Å². The zero-order valence-electron chi connectivity index (χ0n) is 15.0. The van der Waals surface area contributed by atoms with E-state index in [1.165, 1.54) is 11.2 Å². The van der Waals surface area contributed by atoms with Gasteiger partial charge in [0, 0.05) is 25.0 Å². The van der Waals surface area contributed by atoms with Crippen LogP contribution in [0.2, 0.25) is 10.0 Å². The van der Waals surface area contributed by atoms with Crippen LogP contribution in [0.1, 0.15) is 12.5 Å². The summed E-state index contributed by atoms with van der Waals surface area (Å²) < 4.78 is 68.0. The van der Waals surface area contributed by atoms with E-state index in [0.717, 1.165) is 11.6 Å². The molecule has 1 aromatic heterocycles. The van der Waals surface area contributed by atoms with Crippen LogP contribution < -0.4 is 0 Å². The molecule has 0 N–H and O–H groups in total. The first kappa shape index (κ1) is 23.1. The average molecular weight is 472 g/mol. The lowest BCUT2D eigenvalue weighted by Gasteiger charge is -2.12. The van der Waals surface area contributed by atoms with Crippen LogP contribution in [0.3, 0.4) is 0 Å². The van der Waals surface area contributed by atoms with E-state index < -0.39 is 48.5 Å². The fourth-order valence-corrected chi connectivity index (χ4v) is 3.60. The summed E-state index contributed by atoms with van der Waals surface area (Å²) in [5.74, 6) is -0.845. The molecule has 0 aliphatic rings. The van der Waals surface area contributed by atoms with Gasteiger partial charge in [-0.1, -0.05) is 29.8 Å². The highest BCUT2D eigenvalue weighted by Crippen LogP contribution is 2.47. The topological polar surface area (TPSA) is 37.8 Å². The molecule has 0 fully saturated rings. The Morgan fingerprint density at radius 2 is 1.86 bits per heavy atom. The Labute approximate surface area is 175 Å². The van der Waals surface area contributed by atoms with Crippen LogP contribution in [0.25, 0.3) is 10.5 Å². The van der Waals surface area contributed by atoms with Gasteiger partial charge in [-0.25, -0.2) is 9.38 Å². The van der Waals surface area contributed by atoms with Crippen molar-refractivity contribution in [1.82, 2.24) is 14.7 Å². The second-order valence-corrected chi connectivity index (χ2v) is 8.02. The molecule has 0 bridgehead atoms. The van der Waals surface area contributed by atoms with Crippen molar-refractivity contribution in [3.8, 4) is 5.69 Å². The van der Waals surface area contributed by atoms with E-state index in [0.29, 0.717) is 12.1 Å². The second-order valence-electron chi connectivity index (χ2n) is 5.72. The molecule has 0 radical (unpaired) electrons. The van der Waals surface area contributed by atoms with Gasteiger partial charge >= 0.3 is 12.0 Å². The van der Waals surface area contributed by atoms with E-state index in [1.54, 1.807) is 14.1 Å². The smallest absolute Gasteiger partial charge is 0.369 e. The van der Waals surface area contributed by atoms with Crippen LogP contribution in [-0.4, -0.2) is 40.2 Å². The maximum Gasteiger partial charge on any atom is 0.416 e. The predicted octanol–water partition coefficient (Wildman–Crippen LogP) is 6.60. The molecule has 1 atom stereocenters. The lowest BCUT2D eigenvalue weighted by molar-refractivity contribution is -0.137. The molecule has 1 heterocycles. The molecule has 2 aromatic rings. The zero-order valence-corrected chi connectivity index (χ0v) is 17.4. The first-order chi connectivity index (χ1) is 13.4. The maximum atomic E-state index is 14.6. The quantitative estimate of drug-likeness (QED) is 0.126. The average Bonchev–Trinajstić information content (AvgIpc) is 2.95. The minimum absolute atomic E-state index is 0.253. The molecule has 0 aliphatic carbocycles. The van der Waals surface area contributed by atoms with Gasteiger partial charge in [0.15, 0.2) is 10.9 Å². The molecular weight excluding hydrogens is 460 g/mol. The Kier molecular flexibility index (Phi) is 6.93. The number of rotatable bonds is 4. The fraction of sp³-hybridized carbons (Fsp3) is 0.250. The Bertz CT molecular complexity index is 1030. The van der Waals surface area contributed by atoms with Crippen molar-refractivity contribution in [1.29, 1.82) is 0 Å². The third-order valence-electron chi connectivity index (χ3n) is 3.30. The van der Waals surface area contributed by atoms with Gasteiger partial charge in [0.1, 0.15) is 10.6 Å². The Morgan fingerprint density at radius 1 is 1.31 bits per heavy atom. The third kappa shape index (κ3) is 4.88. The zero-order chi connectivity index (χ0) is 22.1. The van der Waals surface area contributed by atoms with Crippen molar-refractivity contribution in [3.05, 3.63) is 39.2 Å². The summed E-state index contributed by atoms with van der Waals surface area (Å²) in [5, 5.41) is 1.81. The molecule has 5 nitrogen and oxygen atoms in total. The van der Waals surface area contributed by atoms with Crippen molar-refractivity contribution in [3.63, 3.8) is 0 Å². The lowest BCUT2D eigenvalue weighted by Crippen LogP contribution is -2.09. The molecular formula is C16H12Cl2F5N5S. The van der Waals surface area contributed by atoms with E-state index >= 15 is 0 Å². The maximum absolute atomic E-state index is 14.6. The Balaban J connectivity index is 2.91. The van der Waals surface area contributed by atoms with E-state index in [-0.39, 0.29) is 11.5 Å². The lowest BCUT2D eigenvalue weighted by atomic mass is 10.2. The summed E-state index contributed by atoms with van der Waals surface area (Å²) in [4.78, 5) is 8.09. The van der Waals surface area contributed by atoms with E-state index in [4.69, 9.17) is 29.8 Å². The number of nitrogens with zero attached hydrogens (tertiary/aromatic N) is 5. The van der Waals surface area contributed by atoms with E-state index in [2.05, 4.69) is 14.9 Å². The number of aromatic nitrogens is 2.